The van der Waals surface area contributed by atoms with E-state index in [4.69, 9.17) is 5.73 Å². The highest BCUT2D eigenvalue weighted by molar-refractivity contribution is 9.10. The Hall–Kier alpha value is -0.410. The monoisotopic (exact) mass is 259 g/mol. The van der Waals surface area contributed by atoms with Crippen molar-refractivity contribution in [2.75, 3.05) is 0 Å². The SMILES string of the molecule is CC(C)C[C@H](N)c1cc(Br)ccc1F. The molecule has 1 aromatic carbocycles. The fourth-order valence-electron chi connectivity index (χ4n) is 1.43. The molecule has 0 aliphatic rings. The molecule has 0 saturated carbocycles. The molecule has 0 fully saturated rings. The average Bonchev–Trinajstić information content (AvgIpc) is 2.08. The zero-order chi connectivity index (χ0) is 10.7. The van der Waals surface area contributed by atoms with E-state index in [1.165, 1.54) is 6.07 Å². The smallest absolute Gasteiger partial charge is 0.128 e. The summed E-state index contributed by atoms with van der Waals surface area (Å²) >= 11 is 3.31. The second kappa shape index (κ2) is 4.89. The summed E-state index contributed by atoms with van der Waals surface area (Å²) in [6.45, 7) is 4.16. The highest BCUT2D eigenvalue weighted by Crippen LogP contribution is 2.24. The fraction of sp³-hybridized carbons (Fsp3) is 0.455. The number of nitrogens with two attached hydrogens (primary N) is 1. The zero-order valence-corrected chi connectivity index (χ0v) is 10.0. The van der Waals surface area contributed by atoms with Crippen molar-refractivity contribution in [1.29, 1.82) is 0 Å². The molecule has 0 aliphatic carbocycles. The van der Waals surface area contributed by atoms with Crippen molar-refractivity contribution in [3.05, 3.63) is 34.1 Å². The Balaban J connectivity index is 2.88. The van der Waals surface area contributed by atoms with E-state index in [0.29, 0.717) is 11.5 Å². The van der Waals surface area contributed by atoms with Crippen molar-refractivity contribution in [3.63, 3.8) is 0 Å². The van der Waals surface area contributed by atoms with Crippen LogP contribution >= 0.6 is 15.9 Å². The van der Waals surface area contributed by atoms with Crippen LogP contribution < -0.4 is 5.73 Å². The molecule has 0 aromatic heterocycles. The molecule has 0 aliphatic heterocycles. The molecule has 1 atom stereocenters. The Morgan fingerprint density at radius 2 is 2.07 bits per heavy atom. The number of halogens is 2. The first-order valence-corrected chi connectivity index (χ1v) is 5.50. The van der Waals surface area contributed by atoms with Crippen LogP contribution in [0.5, 0.6) is 0 Å². The minimum atomic E-state index is -0.221. The first kappa shape index (κ1) is 11.7. The maximum absolute atomic E-state index is 13.4. The zero-order valence-electron chi connectivity index (χ0n) is 8.43. The van der Waals surface area contributed by atoms with Gasteiger partial charge in [0.05, 0.1) is 0 Å². The third-order valence-corrected chi connectivity index (χ3v) is 2.58. The molecule has 0 saturated heterocycles. The van der Waals surface area contributed by atoms with E-state index < -0.39 is 0 Å². The normalized spacial score (nSPS) is 13.3. The lowest BCUT2D eigenvalue weighted by Crippen LogP contribution is -2.14. The maximum Gasteiger partial charge on any atom is 0.128 e. The third kappa shape index (κ3) is 3.07. The van der Waals surface area contributed by atoms with Gasteiger partial charge < -0.3 is 5.73 Å². The van der Waals surface area contributed by atoms with Gasteiger partial charge in [-0.2, -0.15) is 0 Å². The van der Waals surface area contributed by atoms with E-state index in [-0.39, 0.29) is 11.9 Å². The molecule has 0 heterocycles. The first-order valence-electron chi connectivity index (χ1n) is 4.71. The van der Waals surface area contributed by atoms with Crippen LogP contribution in [0.15, 0.2) is 22.7 Å². The number of rotatable bonds is 3. The van der Waals surface area contributed by atoms with Crippen LogP contribution in [0.4, 0.5) is 4.39 Å². The highest BCUT2D eigenvalue weighted by Gasteiger charge is 2.12. The van der Waals surface area contributed by atoms with Gasteiger partial charge in [0.1, 0.15) is 5.82 Å². The molecule has 2 N–H and O–H groups in total. The van der Waals surface area contributed by atoms with Crippen molar-refractivity contribution in [1.82, 2.24) is 0 Å². The molecular formula is C11H15BrFN. The standard InChI is InChI=1S/C11H15BrFN/c1-7(2)5-11(14)9-6-8(12)3-4-10(9)13/h3-4,6-7,11H,5,14H2,1-2H3/t11-/m0/s1. The van der Waals surface area contributed by atoms with Crippen molar-refractivity contribution in [3.8, 4) is 0 Å². The van der Waals surface area contributed by atoms with Crippen molar-refractivity contribution in [2.45, 2.75) is 26.3 Å². The van der Waals surface area contributed by atoms with Crippen molar-refractivity contribution < 1.29 is 4.39 Å². The van der Waals surface area contributed by atoms with Crippen molar-refractivity contribution >= 4 is 15.9 Å². The lowest BCUT2D eigenvalue weighted by Gasteiger charge is -2.15. The number of hydrogen-bond acceptors (Lipinski definition) is 1. The van der Waals surface area contributed by atoms with Gasteiger partial charge in [0.15, 0.2) is 0 Å². The topological polar surface area (TPSA) is 26.0 Å². The minimum absolute atomic E-state index is 0.215. The van der Waals surface area contributed by atoms with Crippen LogP contribution in [0.25, 0.3) is 0 Å². The summed E-state index contributed by atoms with van der Waals surface area (Å²) in [5.74, 6) is 0.254. The molecule has 0 amide bonds. The lowest BCUT2D eigenvalue weighted by molar-refractivity contribution is 0.489. The van der Waals surface area contributed by atoms with Gasteiger partial charge in [-0.3, -0.25) is 0 Å². The molecule has 3 heteroatoms. The molecule has 1 nitrogen and oxygen atoms in total. The van der Waals surface area contributed by atoms with Gasteiger partial charge in [-0.15, -0.1) is 0 Å². The summed E-state index contributed by atoms with van der Waals surface area (Å²) in [6, 6.07) is 4.66. The maximum atomic E-state index is 13.4. The van der Waals surface area contributed by atoms with Gasteiger partial charge in [0, 0.05) is 16.1 Å². The van der Waals surface area contributed by atoms with Gasteiger partial charge in [-0.25, -0.2) is 4.39 Å². The Labute approximate surface area is 92.6 Å². The summed E-state index contributed by atoms with van der Waals surface area (Å²) in [7, 11) is 0. The van der Waals surface area contributed by atoms with E-state index in [1.54, 1.807) is 12.1 Å². The predicted octanol–water partition coefficient (Wildman–Crippen LogP) is 3.63. The van der Waals surface area contributed by atoms with Gasteiger partial charge in [0.25, 0.3) is 0 Å². The van der Waals surface area contributed by atoms with Crippen LogP contribution in [-0.2, 0) is 0 Å². The van der Waals surface area contributed by atoms with Crippen LogP contribution in [0.2, 0.25) is 0 Å². The Morgan fingerprint density at radius 1 is 1.43 bits per heavy atom. The highest BCUT2D eigenvalue weighted by atomic mass is 79.9. The third-order valence-electron chi connectivity index (χ3n) is 2.08. The minimum Gasteiger partial charge on any atom is -0.324 e. The number of hydrogen-bond donors (Lipinski definition) is 1. The molecule has 78 valence electrons. The fourth-order valence-corrected chi connectivity index (χ4v) is 1.81. The van der Waals surface area contributed by atoms with E-state index in [9.17, 15) is 4.39 Å². The molecule has 1 aromatic rings. The summed E-state index contributed by atoms with van der Waals surface area (Å²) in [4.78, 5) is 0. The summed E-state index contributed by atoms with van der Waals surface area (Å²) in [5, 5.41) is 0. The predicted molar refractivity (Wildman–Crippen MR) is 60.5 cm³/mol. The Morgan fingerprint density at radius 3 is 2.64 bits per heavy atom. The van der Waals surface area contributed by atoms with E-state index in [1.807, 2.05) is 0 Å². The van der Waals surface area contributed by atoms with Crippen LogP contribution in [0.3, 0.4) is 0 Å². The molecule has 0 radical (unpaired) electrons. The lowest BCUT2D eigenvalue weighted by atomic mass is 9.97. The van der Waals surface area contributed by atoms with Crippen LogP contribution in [0, 0.1) is 11.7 Å². The molecule has 0 spiro atoms. The average molecular weight is 260 g/mol. The first-order chi connectivity index (χ1) is 6.50. The van der Waals surface area contributed by atoms with Crippen LogP contribution in [0.1, 0.15) is 31.9 Å². The molecule has 0 bridgehead atoms. The largest absolute Gasteiger partial charge is 0.324 e. The van der Waals surface area contributed by atoms with E-state index in [2.05, 4.69) is 29.8 Å². The molecule has 0 unspecified atom stereocenters. The summed E-state index contributed by atoms with van der Waals surface area (Å²) < 4.78 is 14.2. The van der Waals surface area contributed by atoms with Crippen molar-refractivity contribution in [2.24, 2.45) is 11.7 Å². The van der Waals surface area contributed by atoms with Gasteiger partial charge in [-0.1, -0.05) is 29.8 Å². The summed E-state index contributed by atoms with van der Waals surface area (Å²) in [6.07, 6.45) is 0.799. The van der Waals surface area contributed by atoms with E-state index in [0.717, 1.165) is 10.9 Å². The quantitative estimate of drug-likeness (QED) is 0.882. The second-order valence-corrected chi connectivity index (χ2v) is 4.82. The van der Waals surface area contributed by atoms with Gasteiger partial charge in [0.2, 0.25) is 0 Å². The molecular weight excluding hydrogens is 245 g/mol. The van der Waals surface area contributed by atoms with E-state index >= 15 is 0 Å². The Kier molecular flexibility index (Phi) is 4.08. The number of benzene rings is 1. The summed E-state index contributed by atoms with van der Waals surface area (Å²) in [5.41, 5.74) is 6.50. The molecule has 14 heavy (non-hydrogen) atoms. The van der Waals surface area contributed by atoms with Crippen LogP contribution in [-0.4, -0.2) is 0 Å². The molecule has 1 rings (SSSR count). The Bertz CT molecular complexity index is 312. The van der Waals surface area contributed by atoms with Gasteiger partial charge >= 0.3 is 0 Å². The second-order valence-electron chi connectivity index (χ2n) is 3.90. The van der Waals surface area contributed by atoms with Gasteiger partial charge in [-0.05, 0) is 30.5 Å².